The molecule has 0 aliphatic rings. The Balaban J connectivity index is 2.45. The van der Waals surface area contributed by atoms with Gasteiger partial charge in [-0.2, -0.15) is 0 Å². The number of hydrogen-bond acceptors (Lipinski definition) is 3. The van der Waals surface area contributed by atoms with E-state index < -0.39 is 0 Å². The predicted molar refractivity (Wildman–Crippen MR) is 72.1 cm³/mol. The van der Waals surface area contributed by atoms with E-state index in [9.17, 15) is 0 Å². The maximum atomic E-state index is 5.63. The molecule has 0 bridgehead atoms. The summed E-state index contributed by atoms with van der Waals surface area (Å²) in [6.07, 6.45) is 2.30. The molecule has 0 spiro atoms. The number of aryl methyl sites for hydroxylation is 1. The van der Waals surface area contributed by atoms with Crippen LogP contribution in [0.25, 0.3) is 0 Å². The lowest BCUT2D eigenvalue weighted by Gasteiger charge is -2.12. The van der Waals surface area contributed by atoms with Crippen molar-refractivity contribution in [2.75, 3.05) is 13.1 Å². The second-order valence-corrected chi connectivity index (χ2v) is 4.69. The summed E-state index contributed by atoms with van der Waals surface area (Å²) >= 11 is 0. The van der Waals surface area contributed by atoms with Crippen molar-refractivity contribution in [1.29, 1.82) is 0 Å². The minimum atomic E-state index is 0.222. The molecule has 0 atom stereocenters. The number of ether oxygens (including phenoxy) is 1. The van der Waals surface area contributed by atoms with Crippen LogP contribution in [0.2, 0.25) is 0 Å². The zero-order valence-electron chi connectivity index (χ0n) is 10.9. The summed E-state index contributed by atoms with van der Waals surface area (Å²) < 4.78 is 5.60. The zero-order chi connectivity index (χ0) is 12.7. The molecule has 3 nitrogen and oxygen atoms in total. The molecule has 0 aliphatic heterocycles. The van der Waals surface area contributed by atoms with Gasteiger partial charge in [-0.3, -0.25) is 0 Å². The lowest BCUT2D eigenvalue weighted by molar-refractivity contribution is 0.242. The number of benzene rings is 1. The summed E-state index contributed by atoms with van der Waals surface area (Å²) in [4.78, 5) is 0. The average molecular weight is 236 g/mol. The van der Waals surface area contributed by atoms with Crippen LogP contribution in [0.4, 0.5) is 0 Å². The summed E-state index contributed by atoms with van der Waals surface area (Å²) in [6.45, 7) is 5.40. The van der Waals surface area contributed by atoms with Crippen molar-refractivity contribution < 1.29 is 4.74 Å². The number of nitrogens with two attached hydrogens (primary N) is 2. The van der Waals surface area contributed by atoms with Crippen LogP contribution in [0, 0.1) is 5.92 Å². The summed E-state index contributed by atoms with van der Waals surface area (Å²) in [5.41, 5.74) is 12.6. The monoisotopic (exact) mass is 236 g/mol. The van der Waals surface area contributed by atoms with E-state index in [1.165, 1.54) is 5.56 Å². The molecule has 1 aromatic rings. The molecule has 1 aromatic carbocycles. The normalized spacial score (nSPS) is 11.2. The number of rotatable bonds is 7. The van der Waals surface area contributed by atoms with Crippen LogP contribution in [-0.4, -0.2) is 19.2 Å². The summed E-state index contributed by atoms with van der Waals surface area (Å²) in [5.74, 6) is 1.36. The van der Waals surface area contributed by atoms with Gasteiger partial charge < -0.3 is 16.2 Å². The van der Waals surface area contributed by atoms with Gasteiger partial charge in [0.05, 0.1) is 6.10 Å². The Labute approximate surface area is 104 Å². The Morgan fingerprint density at radius 1 is 1.06 bits per heavy atom. The highest BCUT2D eigenvalue weighted by Crippen LogP contribution is 2.16. The SMILES string of the molecule is CC(C)Oc1ccc(CCC(CN)CN)cc1. The van der Waals surface area contributed by atoms with Gasteiger partial charge in [0, 0.05) is 0 Å². The highest BCUT2D eigenvalue weighted by molar-refractivity contribution is 5.27. The quantitative estimate of drug-likeness (QED) is 0.760. The van der Waals surface area contributed by atoms with Gasteiger partial charge >= 0.3 is 0 Å². The molecule has 1 rings (SSSR count). The second kappa shape index (κ2) is 7.30. The van der Waals surface area contributed by atoms with Crippen LogP contribution in [0.15, 0.2) is 24.3 Å². The van der Waals surface area contributed by atoms with Gasteiger partial charge in [0.2, 0.25) is 0 Å². The third-order valence-electron chi connectivity index (χ3n) is 2.80. The average Bonchev–Trinajstić information content (AvgIpc) is 2.32. The predicted octanol–water partition coefficient (Wildman–Crippen LogP) is 1.94. The van der Waals surface area contributed by atoms with Gasteiger partial charge in [0.25, 0.3) is 0 Å². The van der Waals surface area contributed by atoms with E-state index in [0.29, 0.717) is 19.0 Å². The minimum Gasteiger partial charge on any atom is -0.491 e. The molecule has 4 N–H and O–H groups in total. The van der Waals surface area contributed by atoms with Crippen LogP contribution in [0.1, 0.15) is 25.8 Å². The van der Waals surface area contributed by atoms with Gasteiger partial charge in [-0.05, 0) is 63.4 Å². The first kappa shape index (κ1) is 14.0. The maximum Gasteiger partial charge on any atom is 0.119 e. The van der Waals surface area contributed by atoms with Crippen LogP contribution >= 0.6 is 0 Å². The van der Waals surface area contributed by atoms with Crippen molar-refractivity contribution in [3.8, 4) is 5.75 Å². The lowest BCUT2D eigenvalue weighted by atomic mass is 10.00. The Hall–Kier alpha value is -1.06. The minimum absolute atomic E-state index is 0.222. The Bertz CT molecular complexity index is 305. The van der Waals surface area contributed by atoms with E-state index in [-0.39, 0.29) is 6.10 Å². The third-order valence-corrected chi connectivity index (χ3v) is 2.80. The van der Waals surface area contributed by atoms with Gasteiger partial charge in [-0.15, -0.1) is 0 Å². The first-order valence-corrected chi connectivity index (χ1v) is 6.31. The van der Waals surface area contributed by atoms with E-state index in [1.54, 1.807) is 0 Å². The van der Waals surface area contributed by atoms with E-state index in [0.717, 1.165) is 18.6 Å². The Morgan fingerprint density at radius 2 is 1.65 bits per heavy atom. The molecule has 0 aliphatic carbocycles. The zero-order valence-corrected chi connectivity index (χ0v) is 10.9. The number of hydrogen-bond donors (Lipinski definition) is 2. The van der Waals surface area contributed by atoms with Crippen molar-refractivity contribution in [3.63, 3.8) is 0 Å². The molecule has 0 radical (unpaired) electrons. The first-order chi connectivity index (χ1) is 8.15. The molecule has 17 heavy (non-hydrogen) atoms. The highest BCUT2D eigenvalue weighted by atomic mass is 16.5. The van der Waals surface area contributed by atoms with Gasteiger partial charge in [-0.25, -0.2) is 0 Å². The van der Waals surface area contributed by atoms with Gasteiger partial charge in [-0.1, -0.05) is 12.1 Å². The molecule has 0 unspecified atom stereocenters. The van der Waals surface area contributed by atoms with E-state index in [1.807, 2.05) is 26.0 Å². The molecule has 0 saturated carbocycles. The smallest absolute Gasteiger partial charge is 0.119 e. The molecule has 0 heterocycles. The molecule has 0 amide bonds. The fourth-order valence-electron chi connectivity index (χ4n) is 1.71. The lowest BCUT2D eigenvalue weighted by Crippen LogP contribution is -2.23. The fraction of sp³-hybridized carbons (Fsp3) is 0.571. The largest absolute Gasteiger partial charge is 0.491 e. The highest BCUT2D eigenvalue weighted by Gasteiger charge is 2.04. The topological polar surface area (TPSA) is 61.3 Å². The summed E-state index contributed by atoms with van der Waals surface area (Å²) in [7, 11) is 0. The van der Waals surface area contributed by atoms with Crippen LogP contribution in [-0.2, 0) is 6.42 Å². The molecule has 0 aromatic heterocycles. The van der Waals surface area contributed by atoms with Crippen LogP contribution < -0.4 is 16.2 Å². The van der Waals surface area contributed by atoms with Crippen molar-refractivity contribution in [2.24, 2.45) is 17.4 Å². The van der Waals surface area contributed by atoms with Gasteiger partial charge in [0.15, 0.2) is 0 Å². The van der Waals surface area contributed by atoms with Crippen LogP contribution in [0.5, 0.6) is 5.75 Å². The van der Waals surface area contributed by atoms with Crippen molar-refractivity contribution in [1.82, 2.24) is 0 Å². The molecule has 96 valence electrons. The van der Waals surface area contributed by atoms with Crippen molar-refractivity contribution in [2.45, 2.75) is 32.8 Å². The standard InChI is InChI=1S/C14H24N2O/c1-11(2)17-14-7-5-12(6-8-14)3-4-13(9-15)10-16/h5-8,11,13H,3-4,9-10,15-16H2,1-2H3. The van der Waals surface area contributed by atoms with E-state index >= 15 is 0 Å². The Kier molecular flexibility index (Phi) is 6.01. The van der Waals surface area contributed by atoms with Crippen LogP contribution in [0.3, 0.4) is 0 Å². The molecular formula is C14H24N2O. The second-order valence-electron chi connectivity index (χ2n) is 4.69. The van der Waals surface area contributed by atoms with E-state index in [4.69, 9.17) is 16.2 Å². The fourth-order valence-corrected chi connectivity index (χ4v) is 1.71. The summed E-state index contributed by atoms with van der Waals surface area (Å²) in [6, 6.07) is 8.27. The molecule has 3 heteroatoms. The third kappa shape index (κ3) is 5.20. The molecule has 0 fully saturated rings. The van der Waals surface area contributed by atoms with E-state index in [2.05, 4.69) is 12.1 Å². The summed E-state index contributed by atoms with van der Waals surface area (Å²) in [5, 5.41) is 0. The van der Waals surface area contributed by atoms with Crippen molar-refractivity contribution in [3.05, 3.63) is 29.8 Å². The molecule has 0 saturated heterocycles. The van der Waals surface area contributed by atoms with Gasteiger partial charge in [0.1, 0.15) is 5.75 Å². The Morgan fingerprint density at radius 3 is 2.12 bits per heavy atom. The maximum absolute atomic E-state index is 5.63. The first-order valence-electron chi connectivity index (χ1n) is 6.31. The van der Waals surface area contributed by atoms with Crippen molar-refractivity contribution >= 4 is 0 Å². The molecular weight excluding hydrogens is 212 g/mol.